The van der Waals surface area contributed by atoms with Gasteiger partial charge in [0.2, 0.25) is 0 Å². The Hall–Kier alpha value is -2.52. The van der Waals surface area contributed by atoms with Crippen molar-refractivity contribution in [2.45, 2.75) is 26.0 Å². The Morgan fingerprint density at radius 2 is 1.69 bits per heavy atom. The summed E-state index contributed by atoms with van der Waals surface area (Å²) >= 11 is 1.72. The molecule has 0 bridgehead atoms. The number of thiophene rings is 1. The van der Waals surface area contributed by atoms with E-state index < -0.39 is 5.21 Å². The van der Waals surface area contributed by atoms with Gasteiger partial charge in [-0.3, -0.25) is 4.98 Å². The highest BCUT2D eigenvalue weighted by Crippen LogP contribution is 2.41. The second-order valence-corrected chi connectivity index (χ2v) is 9.56. The van der Waals surface area contributed by atoms with Gasteiger partial charge in [-0.25, -0.2) is 0 Å². The Bertz CT molecular complexity index is 1370. The van der Waals surface area contributed by atoms with Crippen LogP contribution >= 0.6 is 11.3 Å². The van der Waals surface area contributed by atoms with Gasteiger partial charge in [0.25, 0.3) is 0 Å². The first-order chi connectivity index (χ1) is 13.8. The summed E-state index contributed by atoms with van der Waals surface area (Å²) in [6.45, 7) is 6.12. The van der Waals surface area contributed by atoms with Crippen LogP contribution in [0.1, 0.15) is 26.3 Å². The lowest BCUT2D eigenvalue weighted by atomic mass is 9.41. The number of aromatic nitrogens is 1. The van der Waals surface area contributed by atoms with Crippen molar-refractivity contribution in [1.82, 2.24) is 4.98 Å². The molecule has 0 atom stereocenters. The van der Waals surface area contributed by atoms with Gasteiger partial charge in [0.15, 0.2) is 0 Å². The zero-order valence-electron chi connectivity index (χ0n) is 16.7. The molecule has 0 N–H and O–H groups in total. The number of hydrogen-bond acceptors (Lipinski definition) is 3. The molecule has 29 heavy (non-hydrogen) atoms. The lowest BCUT2D eigenvalue weighted by Gasteiger charge is -2.40. The van der Waals surface area contributed by atoms with E-state index in [4.69, 9.17) is 20.1 Å². The number of hydrogen-bond donors (Lipinski definition) is 0. The highest BCUT2D eigenvalue weighted by Gasteiger charge is 2.33. The third-order valence-corrected chi connectivity index (χ3v) is 6.73. The fraction of sp³-hybridized carbons (Fsp3) is 0.208. The number of pyridine rings is 1. The third kappa shape index (κ3) is 2.75. The van der Waals surface area contributed by atoms with E-state index in [0.29, 0.717) is 0 Å². The summed E-state index contributed by atoms with van der Waals surface area (Å²) in [5, 5.41) is 4.46. The van der Waals surface area contributed by atoms with Gasteiger partial charge in [-0.1, -0.05) is 43.7 Å². The van der Waals surface area contributed by atoms with E-state index >= 15 is 0 Å². The van der Waals surface area contributed by atoms with Crippen LogP contribution < -0.4 is 0 Å². The lowest BCUT2D eigenvalue weighted by molar-refractivity contribution is 0.358. The summed E-state index contributed by atoms with van der Waals surface area (Å²) in [6, 6.07) is 16.5. The van der Waals surface area contributed by atoms with Gasteiger partial charge in [0.05, 0.1) is 21.4 Å². The Labute approximate surface area is 176 Å². The predicted molar refractivity (Wildman–Crippen MR) is 125 cm³/mol. The molecule has 5 rings (SSSR count). The molecule has 0 spiro atoms. The maximum absolute atomic E-state index is 6.51. The van der Waals surface area contributed by atoms with Crippen molar-refractivity contribution < 1.29 is 4.42 Å². The Morgan fingerprint density at radius 1 is 0.897 bits per heavy atom. The standard InChI is InChI=1S/C24H19B2NOS/c1-23(2,3)24(25,26)14-9-11-27-19(13-14)17-6-4-5-15-16-7-8-20-18(10-12-29-20)22(16)28-21(15)17/h4-13H,1-3H3. The summed E-state index contributed by atoms with van der Waals surface area (Å²) in [6.07, 6.45) is 1.77. The molecule has 2 aromatic carbocycles. The van der Waals surface area contributed by atoms with Crippen molar-refractivity contribution in [2.24, 2.45) is 5.41 Å². The van der Waals surface area contributed by atoms with Crippen molar-refractivity contribution in [3.63, 3.8) is 0 Å². The zero-order valence-corrected chi connectivity index (χ0v) is 17.5. The van der Waals surface area contributed by atoms with E-state index in [1.54, 1.807) is 17.5 Å². The normalized spacial score (nSPS) is 12.9. The van der Waals surface area contributed by atoms with Crippen molar-refractivity contribution >= 4 is 59.1 Å². The molecular formula is C24H19B2NOS. The van der Waals surface area contributed by atoms with Crippen LogP contribution in [-0.2, 0) is 5.21 Å². The van der Waals surface area contributed by atoms with E-state index in [9.17, 15) is 0 Å². The zero-order chi connectivity index (χ0) is 20.4. The number of fused-ring (bicyclic) bond motifs is 5. The van der Waals surface area contributed by atoms with E-state index in [1.807, 2.05) is 45.0 Å². The monoisotopic (exact) mass is 391 g/mol. The minimum Gasteiger partial charge on any atom is -0.455 e. The van der Waals surface area contributed by atoms with Gasteiger partial charge in [-0.15, -0.1) is 11.3 Å². The molecule has 138 valence electrons. The largest absolute Gasteiger partial charge is 0.455 e. The van der Waals surface area contributed by atoms with Crippen molar-refractivity contribution in [2.75, 3.05) is 0 Å². The fourth-order valence-corrected chi connectivity index (χ4v) is 4.56. The van der Waals surface area contributed by atoms with Gasteiger partial charge in [-0.05, 0) is 47.2 Å². The SMILES string of the molecule is [B]C([B])(c1ccnc(-c2cccc3c2oc2c4ccsc4ccc32)c1)C(C)(C)C. The molecule has 4 radical (unpaired) electrons. The van der Waals surface area contributed by atoms with Crippen LogP contribution in [0.2, 0.25) is 0 Å². The van der Waals surface area contributed by atoms with Crippen LogP contribution in [-0.4, -0.2) is 20.7 Å². The second kappa shape index (κ2) is 6.24. The first-order valence-corrected chi connectivity index (χ1v) is 10.5. The number of rotatable bonds is 2. The first kappa shape index (κ1) is 18.5. The highest BCUT2D eigenvalue weighted by atomic mass is 32.1. The minimum absolute atomic E-state index is 0.304. The molecule has 0 fully saturated rings. The van der Waals surface area contributed by atoms with Gasteiger partial charge < -0.3 is 4.42 Å². The molecule has 5 aromatic rings. The van der Waals surface area contributed by atoms with Crippen LogP contribution in [0.15, 0.2) is 64.5 Å². The van der Waals surface area contributed by atoms with Gasteiger partial charge in [-0.2, -0.15) is 0 Å². The molecule has 0 unspecified atom stereocenters. The molecule has 3 aromatic heterocycles. The number of nitrogens with zero attached hydrogens (tertiary/aromatic N) is 1. The Balaban J connectivity index is 1.76. The lowest BCUT2D eigenvalue weighted by Crippen LogP contribution is -2.41. The molecule has 0 aliphatic carbocycles. The maximum Gasteiger partial charge on any atom is 0.144 e. The van der Waals surface area contributed by atoms with Crippen LogP contribution in [0.5, 0.6) is 0 Å². The molecule has 0 saturated carbocycles. The van der Waals surface area contributed by atoms with Gasteiger partial charge >= 0.3 is 0 Å². The summed E-state index contributed by atoms with van der Waals surface area (Å²) in [7, 11) is 13.0. The predicted octanol–water partition coefficient (Wildman–Crippen LogP) is 6.40. The smallest absolute Gasteiger partial charge is 0.144 e. The minimum atomic E-state index is -0.977. The highest BCUT2D eigenvalue weighted by molar-refractivity contribution is 7.17. The number of furan rings is 1. The van der Waals surface area contributed by atoms with Gasteiger partial charge in [0, 0.05) is 32.6 Å². The summed E-state index contributed by atoms with van der Waals surface area (Å²) in [5.74, 6) is 0. The third-order valence-electron chi connectivity index (χ3n) is 5.85. The van der Waals surface area contributed by atoms with Crippen LogP contribution in [0, 0.1) is 5.41 Å². The van der Waals surface area contributed by atoms with Crippen molar-refractivity contribution in [3.05, 3.63) is 65.7 Å². The molecule has 5 heteroatoms. The topological polar surface area (TPSA) is 26.0 Å². The molecular weight excluding hydrogens is 372 g/mol. The van der Waals surface area contributed by atoms with E-state index in [-0.39, 0.29) is 5.41 Å². The average molecular weight is 391 g/mol. The van der Waals surface area contributed by atoms with Crippen molar-refractivity contribution in [3.8, 4) is 11.3 Å². The fourth-order valence-electron chi connectivity index (χ4n) is 3.77. The van der Waals surface area contributed by atoms with Crippen LogP contribution in [0.3, 0.4) is 0 Å². The Kier molecular flexibility index (Phi) is 3.98. The summed E-state index contributed by atoms with van der Waals surface area (Å²) in [5.41, 5.74) is 4.04. The van der Waals surface area contributed by atoms with Crippen LogP contribution in [0.4, 0.5) is 0 Å². The maximum atomic E-state index is 6.51. The average Bonchev–Trinajstić information content (AvgIpc) is 3.31. The summed E-state index contributed by atoms with van der Waals surface area (Å²) < 4.78 is 7.63. The van der Waals surface area contributed by atoms with Gasteiger partial charge in [0.1, 0.15) is 11.2 Å². The number of benzene rings is 2. The van der Waals surface area contributed by atoms with Crippen molar-refractivity contribution in [1.29, 1.82) is 0 Å². The molecule has 0 aliphatic rings. The van der Waals surface area contributed by atoms with E-state index in [1.165, 1.54) is 4.70 Å². The second-order valence-electron chi connectivity index (χ2n) is 8.61. The molecule has 3 heterocycles. The first-order valence-electron chi connectivity index (χ1n) is 9.63. The van der Waals surface area contributed by atoms with Crippen LogP contribution in [0.25, 0.3) is 43.3 Å². The molecule has 0 amide bonds. The number of para-hydroxylation sites is 1. The van der Waals surface area contributed by atoms with E-state index in [2.05, 4.69) is 34.6 Å². The molecule has 0 saturated heterocycles. The Morgan fingerprint density at radius 3 is 2.48 bits per heavy atom. The molecule has 0 aliphatic heterocycles. The molecule has 2 nitrogen and oxygen atoms in total. The van der Waals surface area contributed by atoms with E-state index in [0.717, 1.165) is 44.1 Å². The summed E-state index contributed by atoms with van der Waals surface area (Å²) in [4.78, 5) is 4.61. The quantitative estimate of drug-likeness (QED) is 0.326.